The molecule has 0 aliphatic heterocycles. The number of hydrogen-bond acceptors (Lipinski definition) is 15. The number of aliphatic hydroxyl groups is 1. The lowest BCUT2D eigenvalue weighted by Crippen LogP contribution is -2.30. The lowest BCUT2D eigenvalue weighted by molar-refractivity contribution is -0.161. The first-order chi connectivity index (χ1) is 45.1. The van der Waals surface area contributed by atoms with Crippen molar-refractivity contribution in [2.75, 3.05) is 39.6 Å². The minimum absolute atomic E-state index is 0.108. The van der Waals surface area contributed by atoms with Crippen LogP contribution in [0.5, 0.6) is 0 Å². The molecule has 0 aromatic carbocycles. The van der Waals surface area contributed by atoms with Gasteiger partial charge >= 0.3 is 39.5 Å². The summed E-state index contributed by atoms with van der Waals surface area (Å²) in [4.78, 5) is 72.6. The van der Waals surface area contributed by atoms with Gasteiger partial charge in [0.05, 0.1) is 26.4 Å². The number of ether oxygens (including phenoxy) is 4. The molecule has 17 nitrogen and oxygen atoms in total. The first kappa shape index (κ1) is 91.1. The van der Waals surface area contributed by atoms with E-state index >= 15 is 0 Å². The largest absolute Gasteiger partial charge is 0.472 e. The predicted molar refractivity (Wildman–Crippen MR) is 377 cm³/mol. The molecule has 93 heavy (non-hydrogen) atoms. The van der Waals surface area contributed by atoms with Crippen molar-refractivity contribution in [3.05, 3.63) is 0 Å². The summed E-state index contributed by atoms with van der Waals surface area (Å²) in [7, 11) is -9.90. The summed E-state index contributed by atoms with van der Waals surface area (Å²) in [6.45, 7) is 7.31. The minimum Gasteiger partial charge on any atom is -0.462 e. The molecule has 0 aromatic rings. The second kappa shape index (κ2) is 67.3. The van der Waals surface area contributed by atoms with Crippen molar-refractivity contribution in [1.29, 1.82) is 0 Å². The third-order valence-corrected chi connectivity index (χ3v) is 19.5. The zero-order valence-electron chi connectivity index (χ0n) is 60.4. The Morgan fingerprint density at radius 2 is 0.516 bits per heavy atom. The van der Waals surface area contributed by atoms with Gasteiger partial charge in [-0.05, 0) is 31.6 Å². The summed E-state index contributed by atoms with van der Waals surface area (Å²) in [6, 6.07) is 0. The summed E-state index contributed by atoms with van der Waals surface area (Å²) < 4.78 is 68.4. The fraction of sp³-hybridized carbons (Fsp3) is 0.946. The van der Waals surface area contributed by atoms with E-state index in [1.807, 2.05) is 0 Å². The van der Waals surface area contributed by atoms with E-state index < -0.39 is 97.5 Å². The molecule has 0 fully saturated rings. The highest BCUT2D eigenvalue weighted by molar-refractivity contribution is 7.47. The number of unbranched alkanes of at least 4 members (excludes halogenated alkanes) is 45. The number of rotatable bonds is 74. The zero-order chi connectivity index (χ0) is 68.4. The Balaban J connectivity index is 5.21. The molecule has 0 radical (unpaired) electrons. The van der Waals surface area contributed by atoms with Crippen molar-refractivity contribution < 1.29 is 80.2 Å². The number of esters is 4. The van der Waals surface area contributed by atoms with Gasteiger partial charge in [0.25, 0.3) is 0 Å². The van der Waals surface area contributed by atoms with Crippen LogP contribution in [0, 0.1) is 5.92 Å². The maximum atomic E-state index is 13.1. The number of carbonyl (C=O) groups excluding carboxylic acids is 4. The monoisotopic (exact) mass is 1370 g/mol. The standard InChI is InChI=1S/C74H144O17P2/c1-6-10-13-16-19-22-24-26-31-34-38-43-48-53-58-72(77)85-64-70(91-74(79)60-55-50-45-40-36-32-28-27-30-33-37-41-46-51-56-67(5)9-4)66-89-93(82,83)87-62-68(75)61-86-92(80,81)88-65-69(63-84-71(76)57-52-47-42-21-18-15-12-8-3)90-73(78)59-54-49-44-39-35-29-25-23-20-17-14-11-7-2/h67-70,75H,6-66H2,1-5H3,(H,80,81)(H,82,83)/t67?,68-,69+,70+/m0/s1. The zero-order valence-corrected chi connectivity index (χ0v) is 62.2. The summed E-state index contributed by atoms with van der Waals surface area (Å²) in [5.41, 5.74) is 0. The van der Waals surface area contributed by atoms with Crippen molar-refractivity contribution in [2.45, 2.75) is 406 Å². The van der Waals surface area contributed by atoms with Crippen molar-refractivity contribution in [1.82, 2.24) is 0 Å². The van der Waals surface area contributed by atoms with Gasteiger partial charge in [-0.2, -0.15) is 0 Å². The summed E-state index contributed by atoms with van der Waals surface area (Å²) in [5, 5.41) is 10.6. The molecule has 0 bridgehead atoms. The van der Waals surface area contributed by atoms with Gasteiger partial charge in [-0.15, -0.1) is 0 Å². The summed E-state index contributed by atoms with van der Waals surface area (Å²) in [6.07, 6.45) is 55.3. The van der Waals surface area contributed by atoms with Gasteiger partial charge in [0, 0.05) is 25.7 Å². The molecule has 0 heterocycles. The fourth-order valence-corrected chi connectivity index (χ4v) is 12.9. The lowest BCUT2D eigenvalue weighted by atomic mass is 9.99. The Kier molecular flexibility index (Phi) is 65.9. The van der Waals surface area contributed by atoms with Gasteiger partial charge in [0.1, 0.15) is 19.3 Å². The van der Waals surface area contributed by atoms with E-state index in [1.54, 1.807) is 0 Å². The third kappa shape index (κ3) is 67.0. The van der Waals surface area contributed by atoms with Crippen LogP contribution in [0.1, 0.15) is 388 Å². The van der Waals surface area contributed by atoms with E-state index in [0.29, 0.717) is 25.7 Å². The average Bonchev–Trinajstić information content (AvgIpc) is 3.15. The molecule has 0 aliphatic rings. The van der Waals surface area contributed by atoms with Gasteiger partial charge in [-0.3, -0.25) is 37.3 Å². The van der Waals surface area contributed by atoms with Gasteiger partial charge in [-0.1, -0.05) is 336 Å². The van der Waals surface area contributed by atoms with Crippen LogP contribution in [0.15, 0.2) is 0 Å². The molecule has 0 aliphatic carbocycles. The third-order valence-electron chi connectivity index (χ3n) is 17.6. The molecule has 6 atom stereocenters. The second-order valence-electron chi connectivity index (χ2n) is 26.9. The number of carbonyl (C=O) groups is 4. The Morgan fingerprint density at radius 3 is 0.763 bits per heavy atom. The van der Waals surface area contributed by atoms with Crippen molar-refractivity contribution >= 4 is 39.5 Å². The minimum atomic E-state index is -4.95. The van der Waals surface area contributed by atoms with E-state index in [9.17, 15) is 43.2 Å². The number of phosphoric ester groups is 2. The second-order valence-corrected chi connectivity index (χ2v) is 29.8. The molecule has 3 N–H and O–H groups in total. The SMILES string of the molecule is CCCCCCCCCCCCCCCCC(=O)OC[C@H](COP(=O)(O)OC[C@@H](O)COP(=O)(O)OC[C@@H](COC(=O)CCCCCCCCCC)OC(=O)CCCCCCCCCCCCCCC)OC(=O)CCCCCCCCCCCCCCCCC(C)CC. The molecular formula is C74H144O17P2. The molecule has 0 saturated heterocycles. The molecule has 3 unspecified atom stereocenters. The van der Waals surface area contributed by atoms with E-state index in [1.165, 1.54) is 205 Å². The van der Waals surface area contributed by atoms with Gasteiger partial charge in [-0.25, -0.2) is 9.13 Å². The molecular weight excluding hydrogens is 1220 g/mol. The lowest BCUT2D eigenvalue weighted by Gasteiger charge is -2.21. The molecule has 552 valence electrons. The quantitative estimate of drug-likeness (QED) is 0.0222. The van der Waals surface area contributed by atoms with Crippen LogP contribution in [-0.2, 0) is 65.4 Å². The maximum absolute atomic E-state index is 13.1. The summed E-state index contributed by atoms with van der Waals surface area (Å²) in [5.74, 6) is -1.27. The highest BCUT2D eigenvalue weighted by Gasteiger charge is 2.30. The van der Waals surface area contributed by atoms with Crippen LogP contribution in [-0.4, -0.2) is 96.7 Å². The highest BCUT2D eigenvalue weighted by atomic mass is 31.2. The molecule has 19 heteroatoms. The van der Waals surface area contributed by atoms with E-state index in [2.05, 4.69) is 34.6 Å². The van der Waals surface area contributed by atoms with Crippen LogP contribution in [0.4, 0.5) is 0 Å². The Labute approximate surface area is 568 Å². The van der Waals surface area contributed by atoms with Crippen molar-refractivity contribution in [2.24, 2.45) is 5.92 Å². The van der Waals surface area contributed by atoms with Crippen LogP contribution >= 0.6 is 15.6 Å². The van der Waals surface area contributed by atoms with Gasteiger partial charge in [0.2, 0.25) is 0 Å². The molecule has 0 rings (SSSR count). The van der Waals surface area contributed by atoms with E-state index in [4.69, 9.17) is 37.0 Å². The van der Waals surface area contributed by atoms with Crippen LogP contribution in [0.2, 0.25) is 0 Å². The molecule has 0 spiro atoms. The fourth-order valence-electron chi connectivity index (χ4n) is 11.3. The van der Waals surface area contributed by atoms with Crippen LogP contribution in [0.25, 0.3) is 0 Å². The Bertz CT molecular complexity index is 1790. The summed E-state index contributed by atoms with van der Waals surface area (Å²) >= 11 is 0. The van der Waals surface area contributed by atoms with Crippen molar-refractivity contribution in [3.63, 3.8) is 0 Å². The normalized spacial score (nSPS) is 14.3. The Hall–Kier alpha value is -1.94. The Morgan fingerprint density at radius 1 is 0.301 bits per heavy atom. The van der Waals surface area contributed by atoms with E-state index in [-0.39, 0.29) is 25.7 Å². The van der Waals surface area contributed by atoms with Gasteiger partial charge in [0.15, 0.2) is 12.2 Å². The number of aliphatic hydroxyl groups excluding tert-OH is 1. The molecule has 0 amide bonds. The molecule has 0 saturated carbocycles. The van der Waals surface area contributed by atoms with Gasteiger partial charge < -0.3 is 33.8 Å². The molecule has 0 aromatic heterocycles. The van der Waals surface area contributed by atoms with E-state index in [0.717, 1.165) is 102 Å². The first-order valence-corrected chi connectivity index (χ1v) is 41.7. The average molecular weight is 1370 g/mol. The topological polar surface area (TPSA) is 237 Å². The number of hydrogen-bond donors (Lipinski definition) is 3. The predicted octanol–water partition coefficient (Wildman–Crippen LogP) is 21.7. The first-order valence-electron chi connectivity index (χ1n) is 38.7. The maximum Gasteiger partial charge on any atom is 0.472 e. The highest BCUT2D eigenvalue weighted by Crippen LogP contribution is 2.45. The van der Waals surface area contributed by atoms with Crippen LogP contribution < -0.4 is 0 Å². The van der Waals surface area contributed by atoms with Crippen LogP contribution in [0.3, 0.4) is 0 Å². The van der Waals surface area contributed by atoms with Crippen molar-refractivity contribution in [3.8, 4) is 0 Å². The smallest absolute Gasteiger partial charge is 0.462 e. The number of phosphoric acid groups is 2.